The Kier molecular flexibility index (Phi) is 5.82. The Labute approximate surface area is 242 Å². The van der Waals surface area contributed by atoms with Crippen molar-refractivity contribution in [3.05, 3.63) is 52.9 Å². The quantitative estimate of drug-likeness (QED) is 0.274. The molecule has 0 unspecified atom stereocenters. The summed E-state index contributed by atoms with van der Waals surface area (Å²) >= 11 is 7.08. The van der Waals surface area contributed by atoms with E-state index in [4.69, 9.17) is 21.8 Å². The van der Waals surface area contributed by atoms with Crippen LogP contribution in [0, 0.1) is 19.3 Å². The average molecular weight is 573 g/mol. The smallest absolute Gasteiger partial charge is 0.114 e. The third-order valence-corrected chi connectivity index (χ3v) is 10.1. The van der Waals surface area contributed by atoms with Gasteiger partial charge in [0.15, 0.2) is 0 Å². The molecule has 2 saturated heterocycles. The van der Waals surface area contributed by atoms with Crippen LogP contribution in [-0.4, -0.2) is 73.6 Å². The lowest BCUT2D eigenvalue weighted by Crippen LogP contribution is -2.60. The first-order chi connectivity index (χ1) is 19.9. The van der Waals surface area contributed by atoms with Crippen molar-refractivity contribution in [2.75, 3.05) is 32.7 Å². The SMILES string of the molecule is Cc1cc2[nH]ncc2c(-c2c(-c3ccc4nn(CCN5CC[C@H](F)C5)cc4c3)nn(C3CC4(CNC4)C3)c2C)c1Cl. The molecule has 212 valence electrons. The molecule has 3 aromatic heterocycles. The van der Waals surface area contributed by atoms with E-state index in [9.17, 15) is 4.39 Å². The lowest BCUT2D eigenvalue weighted by molar-refractivity contribution is 0.00164. The minimum absolute atomic E-state index is 0.383. The van der Waals surface area contributed by atoms with E-state index in [0.717, 1.165) is 106 Å². The summed E-state index contributed by atoms with van der Waals surface area (Å²) in [5.74, 6) is 0. The van der Waals surface area contributed by atoms with E-state index >= 15 is 0 Å². The van der Waals surface area contributed by atoms with Crippen LogP contribution in [0.25, 0.3) is 44.2 Å². The number of aromatic nitrogens is 6. The predicted octanol–water partition coefficient (Wildman–Crippen LogP) is 5.68. The first-order valence-corrected chi connectivity index (χ1v) is 15.0. The minimum atomic E-state index is -0.701. The molecular weight excluding hydrogens is 539 g/mol. The number of benzene rings is 2. The molecule has 1 spiro atoms. The van der Waals surface area contributed by atoms with Crippen molar-refractivity contribution in [3.8, 4) is 22.4 Å². The highest BCUT2D eigenvalue weighted by Crippen LogP contribution is 2.53. The number of aryl methyl sites for hydroxylation is 1. The van der Waals surface area contributed by atoms with Crippen molar-refractivity contribution in [2.24, 2.45) is 5.41 Å². The Morgan fingerprint density at radius 2 is 1.95 bits per heavy atom. The summed E-state index contributed by atoms with van der Waals surface area (Å²) in [6.45, 7) is 9.33. The summed E-state index contributed by atoms with van der Waals surface area (Å²) in [6.07, 6.45) is 6.19. The lowest BCUT2D eigenvalue weighted by Gasteiger charge is -2.54. The van der Waals surface area contributed by atoms with Crippen molar-refractivity contribution in [2.45, 2.75) is 51.9 Å². The number of hydrogen-bond donors (Lipinski definition) is 2. The molecule has 3 fully saturated rings. The third-order valence-electron chi connectivity index (χ3n) is 9.63. The maximum atomic E-state index is 13.6. The molecule has 0 bridgehead atoms. The maximum Gasteiger partial charge on any atom is 0.114 e. The van der Waals surface area contributed by atoms with E-state index in [0.29, 0.717) is 24.4 Å². The van der Waals surface area contributed by atoms with Crippen LogP contribution in [0.3, 0.4) is 0 Å². The molecule has 5 heterocycles. The largest absolute Gasteiger partial charge is 0.316 e. The second kappa shape index (κ2) is 9.37. The normalized spacial score (nSPS) is 20.8. The fraction of sp³-hybridized carbons (Fsp3) is 0.452. The molecule has 2 N–H and O–H groups in total. The number of H-pyrrole nitrogens is 1. The molecule has 2 aliphatic heterocycles. The number of halogens is 2. The molecule has 1 saturated carbocycles. The van der Waals surface area contributed by atoms with Crippen LogP contribution in [0.15, 0.2) is 36.7 Å². The first kappa shape index (κ1) is 25.4. The van der Waals surface area contributed by atoms with Crippen LogP contribution >= 0.6 is 11.6 Å². The number of nitrogens with zero attached hydrogens (tertiary/aromatic N) is 6. The Hall–Kier alpha value is -3.27. The highest BCUT2D eigenvalue weighted by atomic mass is 35.5. The van der Waals surface area contributed by atoms with Gasteiger partial charge in [0.05, 0.1) is 34.8 Å². The Bertz CT molecular complexity index is 1790. The first-order valence-electron chi connectivity index (χ1n) is 14.6. The van der Waals surface area contributed by atoms with Gasteiger partial charge in [-0.2, -0.15) is 15.3 Å². The topological polar surface area (TPSA) is 79.6 Å². The zero-order chi connectivity index (χ0) is 27.9. The fourth-order valence-corrected chi connectivity index (χ4v) is 7.52. The average Bonchev–Trinajstić information content (AvgIpc) is 3.69. The van der Waals surface area contributed by atoms with E-state index in [2.05, 4.69) is 62.5 Å². The van der Waals surface area contributed by atoms with Crippen LogP contribution < -0.4 is 5.32 Å². The molecule has 10 heteroatoms. The predicted molar refractivity (Wildman–Crippen MR) is 160 cm³/mol. The van der Waals surface area contributed by atoms with Gasteiger partial charge in [-0.25, -0.2) is 4.39 Å². The summed E-state index contributed by atoms with van der Waals surface area (Å²) in [6, 6.07) is 8.84. The van der Waals surface area contributed by atoms with Gasteiger partial charge < -0.3 is 5.32 Å². The van der Waals surface area contributed by atoms with Crippen molar-refractivity contribution in [1.82, 2.24) is 40.0 Å². The number of fused-ring (bicyclic) bond motifs is 2. The Morgan fingerprint density at radius 3 is 2.71 bits per heavy atom. The van der Waals surface area contributed by atoms with E-state index in [-0.39, 0.29) is 0 Å². The highest BCUT2D eigenvalue weighted by Gasteiger charge is 2.50. The monoisotopic (exact) mass is 572 g/mol. The summed E-state index contributed by atoms with van der Waals surface area (Å²) in [5.41, 5.74) is 8.53. The summed E-state index contributed by atoms with van der Waals surface area (Å²) in [7, 11) is 0. The highest BCUT2D eigenvalue weighted by molar-refractivity contribution is 6.36. The van der Waals surface area contributed by atoms with E-state index < -0.39 is 6.17 Å². The number of likely N-dealkylation sites (tertiary alicyclic amines) is 1. The zero-order valence-electron chi connectivity index (χ0n) is 23.4. The van der Waals surface area contributed by atoms with Gasteiger partial charge in [-0.15, -0.1) is 0 Å². The summed E-state index contributed by atoms with van der Waals surface area (Å²) in [4.78, 5) is 2.18. The van der Waals surface area contributed by atoms with Crippen molar-refractivity contribution in [3.63, 3.8) is 0 Å². The summed E-state index contributed by atoms with van der Waals surface area (Å²) in [5, 5.41) is 23.9. The molecule has 8 nitrogen and oxygen atoms in total. The third kappa shape index (κ3) is 4.12. The molecule has 1 atom stereocenters. The Morgan fingerprint density at radius 1 is 1.10 bits per heavy atom. The van der Waals surface area contributed by atoms with Crippen LogP contribution in [0.4, 0.5) is 4.39 Å². The molecule has 3 aliphatic rings. The molecular formula is C31H34ClFN8. The minimum Gasteiger partial charge on any atom is -0.316 e. The number of hydrogen-bond acceptors (Lipinski definition) is 5. The molecule has 1 aliphatic carbocycles. The number of alkyl halides is 1. The van der Waals surface area contributed by atoms with Crippen molar-refractivity contribution in [1.29, 1.82) is 0 Å². The summed E-state index contributed by atoms with van der Waals surface area (Å²) < 4.78 is 17.9. The fourth-order valence-electron chi connectivity index (χ4n) is 7.27. The number of rotatable bonds is 6. The van der Waals surface area contributed by atoms with Crippen LogP contribution in [0.2, 0.25) is 5.02 Å². The molecule has 8 rings (SSSR count). The molecule has 5 aromatic rings. The van der Waals surface area contributed by atoms with Crippen LogP contribution in [-0.2, 0) is 6.54 Å². The van der Waals surface area contributed by atoms with E-state index in [1.807, 2.05) is 17.8 Å². The van der Waals surface area contributed by atoms with Gasteiger partial charge >= 0.3 is 0 Å². The van der Waals surface area contributed by atoms with Gasteiger partial charge in [0.25, 0.3) is 0 Å². The maximum absolute atomic E-state index is 13.6. The van der Waals surface area contributed by atoms with Crippen molar-refractivity contribution < 1.29 is 4.39 Å². The lowest BCUT2D eigenvalue weighted by atomic mass is 9.61. The molecule has 0 amide bonds. The van der Waals surface area contributed by atoms with E-state index in [1.165, 1.54) is 0 Å². The van der Waals surface area contributed by atoms with Gasteiger partial charge in [-0.1, -0.05) is 17.7 Å². The molecule has 41 heavy (non-hydrogen) atoms. The second-order valence-corrected chi connectivity index (χ2v) is 12.9. The molecule has 2 aromatic carbocycles. The van der Waals surface area contributed by atoms with Gasteiger partial charge in [0, 0.05) is 72.1 Å². The van der Waals surface area contributed by atoms with Crippen LogP contribution in [0.5, 0.6) is 0 Å². The van der Waals surface area contributed by atoms with E-state index in [1.54, 1.807) is 0 Å². The van der Waals surface area contributed by atoms with Gasteiger partial charge in [0.1, 0.15) is 11.9 Å². The van der Waals surface area contributed by atoms with Crippen LogP contribution in [0.1, 0.15) is 36.6 Å². The number of aromatic amines is 1. The van der Waals surface area contributed by atoms with Gasteiger partial charge in [-0.05, 0) is 62.3 Å². The van der Waals surface area contributed by atoms with Gasteiger partial charge in [0.2, 0.25) is 0 Å². The molecule has 0 radical (unpaired) electrons. The van der Waals surface area contributed by atoms with Gasteiger partial charge in [-0.3, -0.25) is 19.4 Å². The zero-order valence-corrected chi connectivity index (χ0v) is 24.2. The van der Waals surface area contributed by atoms with Crippen molar-refractivity contribution >= 4 is 33.4 Å². The Balaban J connectivity index is 1.21. The standard InChI is InChI=1S/C31H34ClFN8/c1-18-9-26-24(13-35-36-26)28(29(18)32)27-19(2)41(23-11-31(12-23)16-34-17-31)38-30(27)20-3-4-25-21(10-20)14-40(37-25)8-7-39-6-5-22(33)15-39/h3-4,9-10,13-14,22-23,34H,5-8,11-12,15-17H2,1-2H3,(H,35,36)/t22-/m0/s1. The number of nitrogens with one attached hydrogen (secondary N) is 2. The second-order valence-electron chi connectivity index (χ2n) is 12.5.